The fourth-order valence-corrected chi connectivity index (χ4v) is 0.313. The highest BCUT2D eigenvalue weighted by molar-refractivity contribution is 4.88. The summed E-state index contributed by atoms with van der Waals surface area (Å²) in [5, 5.41) is 14.8. The van der Waals surface area contributed by atoms with Crippen LogP contribution in [0.2, 0.25) is 0 Å². The molecule has 0 aromatic carbocycles. The molecule has 0 radical (unpaired) electrons. The third-order valence-corrected chi connectivity index (χ3v) is 0.566. The minimum Gasteiger partial charge on any atom is -0.356 e. The molecule has 0 aliphatic rings. The van der Waals surface area contributed by atoms with E-state index in [0.717, 1.165) is 0 Å². The fraction of sp³-hybridized carbons (Fsp3) is 0. The number of aromatic nitrogens is 1. The van der Waals surface area contributed by atoms with Gasteiger partial charge in [-0.25, -0.2) is 0 Å². The molecular formula is C5H5N2O3-. The normalized spacial score (nSPS) is 7.20. The molecule has 10 heavy (non-hydrogen) atoms. The maximum atomic E-state index is 8.25. The van der Waals surface area contributed by atoms with Crippen molar-refractivity contribution >= 4 is 0 Å². The molecule has 0 atom stereocenters. The van der Waals surface area contributed by atoms with Crippen molar-refractivity contribution in [3.8, 4) is 0 Å². The molecular weight excluding hydrogens is 136 g/mol. The van der Waals surface area contributed by atoms with Gasteiger partial charge in [0.1, 0.15) is 0 Å². The van der Waals surface area contributed by atoms with E-state index in [1.807, 2.05) is 18.2 Å². The Morgan fingerprint density at radius 1 is 1.10 bits per heavy atom. The summed E-state index contributed by atoms with van der Waals surface area (Å²) in [6.45, 7) is 0. The SMILES string of the molecule is O=[N+]([O-])[O-].c1ccncc1. The van der Waals surface area contributed by atoms with Crippen molar-refractivity contribution in [2.45, 2.75) is 0 Å². The van der Waals surface area contributed by atoms with Gasteiger partial charge in [-0.05, 0) is 12.1 Å². The average molecular weight is 141 g/mol. The van der Waals surface area contributed by atoms with Gasteiger partial charge in [-0.1, -0.05) is 6.07 Å². The van der Waals surface area contributed by atoms with Crippen molar-refractivity contribution < 1.29 is 5.09 Å². The molecule has 0 saturated heterocycles. The van der Waals surface area contributed by atoms with Crippen molar-refractivity contribution in [2.24, 2.45) is 0 Å². The smallest absolute Gasteiger partial charge is 0.0689 e. The van der Waals surface area contributed by atoms with Crippen molar-refractivity contribution in [1.29, 1.82) is 0 Å². The van der Waals surface area contributed by atoms with E-state index < -0.39 is 5.09 Å². The highest BCUT2D eigenvalue weighted by Gasteiger charge is 1.58. The molecule has 0 amide bonds. The van der Waals surface area contributed by atoms with Crippen LogP contribution in [0.5, 0.6) is 0 Å². The quantitative estimate of drug-likeness (QED) is 0.396. The molecule has 0 fully saturated rings. The maximum absolute atomic E-state index is 8.25. The lowest BCUT2D eigenvalue weighted by Crippen LogP contribution is -1.74. The van der Waals surface area contributed by atoms with E-state index in [4.69, 9.17) is 15.3 Å². The molecule has 1 heterocycles. The first-order valence-corrected chi connectivity index (χ1v) is 2.40. The lowest BCUT2D eigenvalue weighted by Gasteiger charge is -1.74. The second kappa shape index (κ2) is 5.49. The van der Waals surface area contributed by atoms with Gasteiger partial charge in [0.15, 0.2) is 0 Å². The Balaban J connectivity index is 0.000000180. The largest absolute Gasteiger partial charge is 0.356 e. The summed E-state index contributed by atoms with van der Waals surface area (Å²) in [5.41, 5.74) is 0. The van der Waals surface area contributed by atoms with Crippen molar-refractivity contribution in [3.05, 3.63) is 45.9 Å². The summed E-state index contributed by atoms with van der Waals surface area (Å²) in [6.07, 6.45) is 3.50. The molecule has 0 unspecified atom stereocenters. The Labute approximate surface area is 57.1 Å². The van der Waals surface area contributed by atoms with Crippen LogP contribution in [0.25, 0.3) is 0 Å². The molecule has 0 saturated carbocycles. The first-order valence-electron chi connectivity index (χ1n) is 2.40. The van der Waals surface area contributed by atoms with Gasteiger partial charge >= 0.3 is 0 Å². The predicted molar refractivity (Wildman–Crippen MR) is 34.6 cm³/mol. The number of pyridine rings is 1. The number of nitrogens with zero attached hydrogens (tertiary/aromatic N) is 2. The molecule has 5 nitrogen and oxygen atoms in total. The fourth-order valence-electron chi connectivity index (χ4n) is 0.313. The average Bonchev–Trinajstić information content (AvgIpc) is 1.90. The highest BCUT2D eigenvalue weighted by Crippen LogP contribution is 1.73. The zero-order valence-corrected chi connectivity index (χ0v) is 5.01. The molecule has 1 aromatic heterocycles. The Kier molecular flexibility index (Phi) is 4.58. The number of hydrogen-bond acceptors (Lipinski definition) is 4. The van der Waals surface area contributed by atoms with Gasteiger partial charge in [0, 0.05) is 12.4 Å². The summed E-state index contributed by atoms with van der Waals surface area (Å²) < 4.78 is 0. The highest BCUT2D eigenvalue weighted by atomic mass is 16.9. The molecule has 0 aliphatic heterocycles. The van der Waals surface area contributed by atoms with E-state index in [1.165, 1.54) is 0 Å². The monoisotopic (exact) mass is 141 g/mol. The van der Waals surface area contributed by atoms with Gasteiger partial charge in [-0.15, -0.1) is 0 Å². The van der Waals surface area contributed by atoms with E-state index >= 15 is 0 Å². The lowest BCUT2D eigenvalue weighted by atomic mass is 10.5. The molecule has 1 rings (SSSR count). The van der Waals surface area contributed by atoms with Gasteiger partial charge in [-0.3, -0.25) is 4.98 Å². The summed E-state index contributed by atoms with van der Waals surface area (Å²) in [4.78, 5) is 12.0. The number of hydrogen-bond donors (Lipinski definition) is 0. The maximum Gasteiger partial charge on any atom is 0.0689 e. The Bertz CT molecular complexity index is 147. The third kappa shape index (κ3) is 9.61. The second-order valence-electron chi connectivity index (χ2n) is 1.25. The summed E-state index contributed by atoms with van der Waals surface area (Å²) >= 11 is 0. The van der Waals surface area contributed by atoms with Gasteiger partial charge in [0.05, 0.1) is 5.09 Å². The van der Waals surface area contributed by atoms with E-state index in [1.54, 1.807) is 12.4 Å². The topological polar surface area (TPSA) is 79.1 Å². The van der Waals surface area contributed by atoms with E-state index in [9.17, 15) is 0 Å². The van der Waals surface area contributed by atoms with Crippen molar-refractivity contribution in [2.75, 3.05) is 0 Å². The zero-order valence-electron chi connectivity index (χ0n) is 5.01. The van der Waals surface area contributed by atoms with Crippen LogP contribution in [0.3, 0.4) is 0 Å². The van der Waals surface area contributed by atoms with Gasteiger partial charge < -0.3 is 15.3 Å². The van der Waals surface area contributed by atoms with E-state index in [-0.39, 0.29) is 0 Å². The van der Waals surface area contributed by atoms with Gasteiger partial charge in [0.2, 0.25) is 0 Å². The summed E-state index contributed by atoms with van der Waals surface area (Å²) in [6, 6.07) is 5.72. The molecule has 54 valence electrons. The van der Waals surface area contributed by atoms with Gasteiger partial charge in [0.25, 0.3) is 0 Å². The minimum atomic E-state index is -1.75. The molecule has 0 N–H and O–H groups in total. The molecule has 0 spiro atoms. The zero-order chi connectivity index (χ0) is 7.82. The first kappa shape index (κ1) is 8.35. The Morgan fingerprint density at radius 2 is 1.50 bits per heavy atom. The summed E-state index contributed by atoms with van der Waals surface area (Å²) in [5.74, 6) is 0. The molecule has 0 aliphatic carbocycles. The lowest BCUT2D eigenvalue weighted by molar-refractivity contribution is -0.402. The molecule has 5 heteroatoms. The molecule has 0 bridgehead atoms. The standard InChI is InChI=1S/C5H5N.NO3/c1-2-4-6-5-3-1;2-1(3)4/h1-5H;/q;-1. The van der Waals surface area contributed by atoms with Crippen molar-refractivity contribution in [1.82, 2.24) is 4.98 Å². The molecule has 1 aromatic rings. The van der Waals surface area contributed by atoms with Crippen molar-refractivity contribution in [3.63, 3.8) is 0 Å². The van der Waals surface area contributed by atoms with E-state index in [0.29, 0.717) is 0 Å². The van der Waals surface area contributed by atoms with Gasteiger partial charge in [-0.2, -0.15) is 0 Å². The van der Waals surface area contributed by atoms with Crippen LogP contribution in [0.1, 0.15) is 0 Å². The van der Waals surface area contributed by atoms with Crippen LogP contribution < -0.4 is 0 Å². The van der Waals surface area contributed by atoms with Crippen LogP contribution in [0.15, 0.2) is 30.6 Å². The summed E-state index contributed by atoms with van der Waals surface area (Å²) in [7, 11) is 0. The minimum absolute atomic E-state index is 1.75. The van der Waals surface area contributed by atoms with E-state index in [2.05, 4.69) is 4.98 Å². The van der Waals surface area contributed by atoms with Crippen LogP contribution >= 0.6 is 0 Å². The van der Waals surface area contributed by atoms with Crippen LogP contribution in [-0.2, 0) is 0 Å². The third-order valence-electron chi connectivity index (χ3n) is 0.566. The Morgan fingerprint density at radius 3 is 1.60 bits per heavy atom. The Hall–Kier alpha value is -1.65. The predicted octanol–water partition coefficient (Wildman–Crippen LogP) is 0.842. The van der Waals surface area contributed by atoms with Crippen LogP contribution in [0, 0.1) is 15.3 Å². The first-order chi connectivity index (χ1) is 4.73. The second-order valence-corrected chi connectivity index (χ2v) is 1.25. The number of rotatable bonds is 0. The van der Waals surface area contributed by atoms with Crippen LogP contribution in [-0.4, -0.2) is 10.1 Å². The van der Waals surface area contributed by atoms with Crippen LogP contribution in [0.4, 0.5) is 0 Å².